The van der Waals surface area contributed by atoms with Crippen LogP contribution in [-0.2, 0) is 4.79 Å². The highest BCUT2D eigenvalue weighted by atomic mass is 79.9. The summed E-state index contributed by atoms with van der Waals surface area (Å²) in [5.74, 6) is 1.59. The molecule has 0 aromatic heterocycles. The average molecular weight is 288 g/mol. The Bertz CT molecular complexity index is 230. The molecular formula is C13H22BrNO. The molecule has 2 rings (SSSR count). The molecule has 0 aromatic carbocycles. The van der Waals surface area contributed by atoms with E-state index in [2.05, 4.69) is 20.8 Å². The fraction of sp³-hybridized carbons (Fsp3) is 0.923. The minimum atomic E-state index is 0.356. The van der Waals surface area contributed by atoms with E-state index >= 15 is 0 Å². The largest absolute Gasteiger partial charge is 0.342 e. The Labute approximate surface area is 107 Å². The number of likely N-dealkylation sites (tertiary alicyclic amines) is 1. The van der Waals surface area contributed by atoms with E-state index in [0.29, 0.717) is 11.8 Å². The highest BCUT2D eigenvalue weighted by Crippen LogP contribution is 2.27. The fourth-order valence-corrected chi connectivity index (χ4v) is 3.56. The minimum absolute atomic E-state index is 0.356. The Balaban J connectivity index is 1.81. The first kappa shape index (κ1) is 12.4. The maximum atomic E-state index is 12.3. The summed E-state index contributed by atoms with van der Waals surface area (Å²) < 4.78 is 0. The average Bonchev–Trinajstić information content (AvgIpc) is 2.39. The van der Waals surface area contributed by atoms with Crippen LogP contribution in [0.15, 0.2) is 0 Å². The van der Waals surface area contributed by atoms with Gasteiger partial charge in [-0.3, -0.25) is 4.79 Å². The third-order valence-corrected chi connectivity index (χ3v) is 5.01. The van der Waals surface area contributed by atoms with E-state index in [4.69, 9.17) is 0 Å². The molecule has 0 N–H and O–H groups in total. The fourth-order valence-electron chi connectivity index (χ4n) is 2.92. The number of carbonyl (C=O) groups excluding carboxylic acids is 1. The van der Waals surface area contributed by atoms with Crippen molar-refractivity contribution in [2.24, 2.45) is 11.8 Å². The number of halogens is 1. The van der Waals surface area contributed by atoms with E-state index in [0.717, 1.165) is 37.2 Å². The van der Waals surface area contributed by atoms with Crippen LogP contribution in [0.2, 0.25) is 0 Å². The first-order chi connectivity index (χ1) is 7.81. The van der Waals surface area contributed by atoms with Gasteiger partial charge in [0.1, 0.15) is 0 Å². The maximum absolute atomic E-state index is 12.3. The zero-order valence-corrected chi connectivity index (χ0v) is 11.5. The summed E-state index contributed by atoms with van der Waals surface area (Å²) in [6.45, 7) is 1.98. The predicted octanol–water partition coefficient (Wildman–Crippen LogP) is 3.20. The number of piperidine rings is 1. The Morgan fingerprint density at radius 1 is 1.06 bits per heavy atom. The van der Waals surface area contributed by atoms with Crippen LogP contribution in [0.3, 0.4) is 0 Å². The van der Waals surface area contributed by atoms with Crippen molar-refractivity contribution in [1.29, 1.82) is 0 Å². The van der Waals surface area contributed by atoms with E-state index in [1.807, 2.05) is 0 Å². The van der Waals surface area contributed by atoms with E-state index in [1.54, 1.807) is 0 Å². The molecule has 0 unspecified atom stereocenters. The van der Waals surface area contributed by atoms with E-state index in [-0.39, 0.29) is 0 Å². The molecule has 2 aliphatic rings. The molecule has 0 aromatic rings. The van der Waals surface area contributed by atoms with Crippen LogP contribution in [0.5, 0.6) is 0 Å². The molecule has 2 fully saturated rings. The van der Waals surface area contributed by atoms with Gasteiger partial charge in [0.2, 0.25) is 5.91 Å². The summed E-state index contributed by atoms with van der Waals surface area (Å²) in [6, 6.07) is 0. The molecule has 1 aliphatic carbocycles. The van der Waals surface area contributed by atoms with Gasteiger partial charge >= 0.3 is 0 Å². The molecule has 16 heavy (non-hydrogen) atoms. The Hall–Kier alpha value is -0.0500. The lowest BCUT2D eigenvalue weighted by Crippen LogP contribution is -2.42. The number of hydrogen-bond acceptors (Lipinski definition) is 1. The van der Waals surface area contributed by atoms with Crippen LogP contribution in [0.4, 0.5) is 0 Å². The van der Waals surface area contributed by atoms with Crippen molar-refractivity contribution < 1.29 is 4.79 Å². The summed E-state index contributed by atoms with van der Waals surface area (Å²) in [5.41, 5.74) is 0. The van der Waals surface area contributed by atoms with Crippen LogP contribution in [0.1, 0.15) is 44.9 Å². The van der Waals surface area contributed by atoms with Gasteiger partial charge in [0, 0.05) is 24.3 Å². The van der Waals surface area contributed by atoms with Crippen LogP contribution in [-0.4, -0.2) is 29.2 Å². The third kappa shape index (κ3) is 2.99. The van der Waals surface area contributed by atoms with Crippen LogP contribution >= 0.6 is 15.9 Å². The molecule has 1 saturated heterocycles. The molecule has 1 heterocycles. The third-order valence-electron chi connectivity index (χ3n) is 4.10. The highest BCUT2D eigenvalue weighted by Gasteiger charge is 2.28. The predicted molar refractivity (Wildman–Crippen MR) is 69.7 cm³/mol. The monoisotopic (exact) mass is 287 g/mol. The summed E-state index contributed by atoms with van der Waals surface area (Å²) in [5, 5.41) is 1.10. The second-order valence-electron chi connectivity index (χ2n) is 5.26. The smallest absolute Gasteiger partial charge is 0.225 e. The second kappa shape index (κ2) is 6.04. The summed E-state index contributed by atoms with van der Waals surface area (Å²) in [7, 11) is 0. The SMILES string of the molecule is O=C(C1CCCCC1)N1CCC(CBr)CC1. The van der Waals surface area contributed by atoms with Gasteiger partial charge in [-0.25, -0.2) is 0 Å². The highest BCUT2D eigenvalue weighted by molar-refractivity contribution is 9.09. The number of alkyl halides is 1. The summed E-state index contributed by atoms with van der Waals surface area (Å²) in [6.07, 6.45) is 8.49. The van der Waals surface area contributed by atoms with Crippen LogP contribution in [0.25, 0.3) is 0 Å². The standard InChI is InChI=1S/C13H22BrNO/c14-10-11-6-8-15(9-7-11)13(16)12-4-2-1-3-5-12/h11-12H,1-10H2. The van der Waals surface area contributed by atoms with Gasteiger partial charge in [0.05, 0.1) is 0 Å². The van der Waals surface area contributed by atoms with E-state index in [1.165, 1.54) is 32.1 Å². The van der Waals surface area contributed by atoms with Crippen molar-refractivity contribution in [2.75, 3.05) is 18.4 Å². The Morgan fingerprint density at radius 2 is 1.69 bits per heavy atom. The van der Waals surface area contributed by atoms with Crippen molar-refractivity contribution in [1.82, 2.24) is 4.90 Å². The molecular weight excluding hydrogens is 266 g/mol. The normalized spacial score (nSPS) is 24.7. The lowest BCUT2D eigenvalue weighted by molar-refractivity contribution is -0.137. The van der Waals surface area contributed by atoms with Gasteiger partial charge in [-0.1, -0.05) is 35.2 Å². The molecule has 1 saturated carbocycles. The van der Waals surface area contributed by atoms with Crippen molar-refractivity contribution in [3.63, 3.8) is 0 Å². The van der Waals surface area contributed by atoms with Crippen molar-refractivity contribution in [3.05, 3.63) is 0 Å². The maximum Gasteiger partial charge on any atom is 0.225 e. The molecule has 1 aliphatic heterocycles. The lowest BCUT2D eigenvalue weighted by Gasteiger charge is -2.34. The first-order valence-corrected chi connectivity index (χ1v) is 7.78. The quantitative estimate of drug-likeness (QED) is 0.715. The number of nitrogens with zero attached hydrogens (tertiary/aromatic N) is 1. The molecule has 1 amide bonds. The van der Waals surface area contributed by atoms with Gasteiger partial charge < -0.3 is 4.90 Å². The number of rotatable bonds is 2. The van der Waals surface area contributed by atoms with Gasteiger partial charge in [-0.2, -0.15) is 0 Å². The lowest BCUT2D eigenvalue weighted by atomic mass is 9.87. The molecule has 0 spiro atoms. The zero-order chi connectivity index (χ0) is 11.4. The van der Waals surface area contributed by atoms with Crippen molar-refractivity contribution >= 4 is 21.8 Å². The molecule has 0 atom stereocenters. The van der Waals surface area contributed by atoms with Gasteiger partial charge in [0.15, 0.2) is 0 Å². The zero-order valence-electron chi connectivity index (χ0n) is 9.96. The van der Waals surface area contributed by atoms with Crippen molar-refractivity contribution in [3.8, 4) is 0 Å². The number of amides is 1. The van der Waals surface area contributed by atoms with Crippen LogP contribution in [0, 0.1) is 11.8 Å². The molecule has 2 nitrogen and oxygen atoms in total. The molecule has 0 bridgehead atoms. The first-order valence-electron chi connectivity index (χ1n) is 6.66. The van der Waals surface area contributed by atoms with E-state index < -0.39 is 0 Å². The topological polar surface area (TPSA) is 20.3 Å². The van der Waals surface area contributed by atoms with Gasteiger partial charge in [-0.05, 0) is 31.6 Å². The molecule has 3 heteroatoms. The van der Waals surface area contributed by atoms with Crippen LogP contribution < -0.4 is 0 Å². The molecule has 0 radical (unpaired) electrons. The van der Waals surface area contributed by atoms with E-state index in [9.17, 15) is 4.79 Å². The number of carbonyl (C=O) groups is 1. The number of hydrogen-bond donors (Lipinski definition) is 0. The Morgan fingerprint density at radius 3 is 2.25 bits per heavy atom. The minimum Gasteiger partial charge on any atom is -0.342 e. The van der Waals surface area contributed by atoms with Crippen molar-refractivity contribution in [2.45, 2.75) is 44.9 Å². The van der Waals surface area contributed by atoms with Gasteiger partial charge in [0.25, 0.3) is 0 Å². The summed E-state index contributed by atoms with van der Waals surface area (Å²) >= 11 is 3.54. The van der Waals surface area contributed by atoms with Gasteiger partial charge in [-0.15, -0.1) is 0 Å². The Kier molecular flexibility index (Phi) is 4.68. The second-order valence-corrected chi connectivity index (χ2v) is 5.91. The molecule has 92 valence electrons. The summed E-state index contributed by atoms with van der Waals surface area (Å²) in [4.78, 5) is 14.4.